The fourth-order valence-corrected chi connectivity index (χ4v) is 9.55. The van der Waals surface area contributed by atoms with Crippen molar-refractivity contribution in [2.24, 2.45) is 29.2 Å². The molecule has 8 rings (SSSR count). The third kappa shape index (κ3) is 8.99. The van der Waals surface area contributed by atoms with Crippen molar-refractivity contribution in [2.75, 3.05) is 69.7 Å². The quantitative estimate of drug-likeness (QED) is 0.145. The number of nitrogens with two attached hydrogens (primary N) is 2. The van der Waals surface area contributed by atoms with Crippen LogP contribution in [-0.4, -0.2) is 142 Å². The lowest BCUT2D eigenvalue weighted by atomic mass is 9.96. The normalized spacial score (nSPS) is 22.8. The van der Waals surface area contributed by atoms with Crippen LogP contribution in [0.5, 0.6) is 0 Å². The zero-order valence-electron chi connectivity index (χ0n) is 35.5. The number of ether oxygens (including phenoxy) is 1. The molecule has 8 heterocycles. The lowest BCUT2D eigenvalue weighted by molar-refractivity contribution is -0.140. The number of carbonyl (C=O) groups excluding carboxylic acids is 6. The second-order valence-electron chi connectivity index (χ2n) is 17.2. The van der Waals surface area contributed by atoms with Crippen LogP contribution in [-0.2, 0) is 14.3 Å². The molecule has 5 atom stereocenters. The van der Waals surface area contributed by atoms with Gasteiger partial charge in [0.2, 0.25) is 34.8 Å². The smallest absolute Gasteiger partial charge is 0.321 e. The van der Waals surface area contributed by atoms with Crippen molar-refractivity contribution >= 4 is 69.3 Å². The van der Waals surface area contributed by atoms with E-state index < -0.39 is 41.8 Å². The Balaban J connectivity index is 0.826. The zero-order valence-corrected chi connectivity index (χ0v) is 35.5. The van der Waals surface area contributed by atoms with Gasteiger partial charge in [-0.3, -0.25) is 19.2 Å². The van der Waals surface area contributed by atoms with Gasteiger partial charge in [-0.2, -0.15) is 0 Å². The number of urea groups is 2. The number of nitrogens with zero attached hydrogens (tertiary/aromatic N) is 6. The number of aromatic nitrogens is 2. The fraction of sp³-hybridized carbons (Fsp3) is 0.535. The van der Waals surface area contributed by atoms with Gasteiger partial charge in [-0.1, -0.05) is 0 Å². The number of rotatable bonds is 11. The molecule has 0 radical (unpaired) electrons. The maximum absolute atomic E-state index is 14.0. The molecule has 1 unspecified atom stereocenters. The number of nitrogens with one attached hydrogen (secondary N) is 2. The van der Waals surface area contributed by atoms with E-state index in [1.54, 1.807) is 52.8 Å². The molecule has 63 heavy (non-hydrogen) atoms. The average Bonchev–Trinajstić information content (AvgIpc) is 4.08. The van der Waals surface area contributed by atoms with Gasteiger partial charge in [0.15, 0.2) is 0 Å². The highest BCUT2D eigenvalue weighted by Crippen LogP contribution is 2.34. The van der Waals surface area contributed by atoms with Crippen LogP contribution >= 0.6 is 0 Å². The summed E-state index contributed by atoms with van der Waals surface area (Å²) in [4.78, 5) is 94.6. The standard InChI is InChI=1S/C43H54N10O10/c1-23-9-11-30-32(34(36(44)55)62-38(30)46-23)48-42(59)50-13-3-6-26(18-50)40(57)52-15-5-8-28(52)22-61-21-25-16-29(20-54)53(17-25)41(58)27-7-4-14-51(19-27)43(60)49-33-31-12-10-24(2)47-39(31)63-35(33)37(45)56/h9-12,25-29,54H,3-8,13-22H2,1-2H3,(H2,44,55)(H2,45,56)(H,48,59)(H,49,60)/t25?,26-,27-,28+,29+/m1/s1. The second-order valence-corrected chi connectivity index (χ2v) is 17.2. The number of aryl methyl sites for hydroxylation is 2. The largest absolute Gasteiger partial charge is 0.430 e. The van der Waals surface area contributed by atoms with Gasteiger partial charge in [-0.15, -0.1) is 0 Å². The summed E-state index contributed by atoms with van der Waals surface area (Å²) in [6, 6.07) is 5.38. The van der Waals surface area contributed by atoms with E-state index in [2.05, 4.69) is 20.6 Å². The van der Waals surface area contributed by atoms with Crippen molar-refractivity contribution in [1.29, 1.82) is 0 Å². The predicted molar refractivity (Wildman–Crippen MR) is 227 cm³/mol. The minimum Gasteiger partial charge on any atom is -0.430 e. The van der Waals surface area contributed by atoms with Gasteiger partial charge >= 0.3 is 12.1 Å². The van der Waals surface area contributed by atoms with Crippen LogP contribution in [0.25, 0.3) is 22.2 Å². The molecule has 20 heteroatoms. The lowest BCUT2D eigenvalue weighted by Gasteiger charge is -2.35. The van der Waals surface area contributed by atoms with E-state index in [4.69, 9.17) is 25.0 Å². The highest BCUT2D eigenvalue weighted by atomic mass is 16.5. The maximum Gasteiger partial charge on any atom is 0.321 e. The lowest BCUT2D eigenvalue weighted by Crippen LogP contribution is -2.49. The summed E-state index contributed by atoms with van der Waals surface area (Å²) < 4.78 is 17.4. The molecule has 0 aromatic carbocycles. The molecule has 0 aliphatic carbocycles. The summed E-state index contributed by atoms with van der Waals surface area (Å²) in [5, 5.41) is 16.8. The number of pyridine rings is 2. The van der Waals surface area contributed by atoms with Crippen molar-refractivity contribution in [2.45, 2.75) is 70.9 Å². The Morgan fingerprint density at radius 3 is 1.71 bits per heavy atom. The Morgan fingerprint density at radius 2 is 1.21 bits per heavy atom. The van der Waals surface area contributed by atoms with Gasteiger partial charge < -0.3 is 60.4 Å². The van der Waals surface area contributed by atoms with E-state index >= 15 is 0 Å². The summed E-state index contributed by atoms with van der Waals surface area (Å²) in [6.45, 7) is 6.19. The van der Waals surface area contributed by atoms with Crippen LogP contribution < -0.4 is 22.1 Å². The van der Waals surface area contributed by atoms with E-state index in [0.29, 0.717) is 93.7 Å². The summed E-state index contributed by atoms with van der Waals surface area (Å²) >= 11 is 0. The molecule has 336 valence electrons. The van der Waals surface area contributed by atoms with Gasteiger partial charge in [0.25, 0.3) is 11.8 Å². The third-order valence-electron chi connectivity index (χ3n) is 12.7. The van der Waals surface area contributed by atoms with Crippen LogP contribution in [0.2, 0.25) is 0 Å². The molecule has 20 nitrogen and oxygen atoms in total. The minimum atomic E-state index is -0.850. The molecule has 8 amide bonds. The highest BCUT2D eigenvalue weighted by Gasteiger charge is 2.41. The molecule has 0 bridgehead atoms. The molecular formula is C43H54N10O10. The minimum absolute atomic E-state index is 0.0310. The molecule has 7 N–H and O–H groups in total. The molecular weight excluding hydrogens is 817 g/mol. The molecule has 0 saturated carbocycles. The first-order valence-electron chi connectivity index (χ1n) is 21.6. The predicted octanol–water partition coefficient (Wildman–Crippen LogP) is 3.19. The summed E-state index contributed by atoms with van der Waals surface area (Å²) in [5.74, 6) is -3.19. The molecule has 4 aromatic heterocycles. The molecule has 4 fully saturated rings. The van der Waals surface area contributed by atoms with Gasteiger partial charge in [0.05, 0.1) is 54.5 Å². The van der Waals surface area contributed by atoms with E-state index in [0.717, 1.165) is 12.8 Å². The number of carbonyl (C=O) groups is 6. The maximum atomic E-state index is 14.0. The molecule has 4 aromatic rings. The van der Waals surface area contributed by atoms with Crippen LogP contribution in [0.3, 0.4) is 0 Å². The Kier molecular flexibility index (Phi) is 12.5. The number of likely N-dealkylation sites (tertiary alicyclic amines) is 4. The van der Waals surface area contributed by atoms with Crippen LogP contribution in [0.15, 0.2) is 33.1 Å². The Bertz CT molecular complexity index is 2430. The SMILES string of the molecule is Cc1ccc2c(NC(=O)N3CCC[C@@H](C(=O)N4CCC[C@H]4COCC4C[C@@H](CO)N(C(=O)[C@@H]5CCCN(C(=O)Nc6c(C(N)=O)oc7nc(C)ccc67)C5)C4)C3)c(C(N)=O)oc2n1. The first-order valence-corrected chi connectivity index (χ1v) is 21.6. The van der Waals surface area contributed by atoms with Crippen LogP contribution in [0, 0.1) is 31.6 Å². The topological polar surface area (TPSA) is 273 Å². The molecule has 4 aliphatic heterocycles. The highest BCUT2D eigenvalue weighted by molar-refractivity contribution is 6.10. The first-order chi connectivity index (χ1) is 30.3. The number of anilines is 2. The van der Waals surface area contributed by atoms with Gasteiger partial charge in [-0.25, -0.2) is 19.6 Å². The van der Waals surface area contributed by atoms with Gasteiger partial charge in [-0.05, 0) is 83.1 Å². The van der Waals surface area contributed by atoms with E-state index in [1.807, 2.05) is 4.90 Å². The number of amides is 8. The van der Waals surface area contributed by atoms with Gasteiger partial charge in [0.1, 0.15) is 11.4 Å². The van der Waals surface area contributed by atoms with E-state index in [9.17, 15) is 33.9 Å². The summed E-state index contributed by atoms with van der Waals surface area (Å²) in [7, 11) is 0. The summed E-state index contributed by atoms with van der Waals surface area (Å²) in [5.41, 5.74) is 13.1. The van der Waals surface area contributed by atoms with Crippen molar-refractivity contribution in [3.05, 3.63) is 47.2 Å². The number of furan rings is 2. The molecule has 4 aliphatic rings. The number of aliphatic hydroxyl groups excluding tert-OH is 1. The number of aliphatic hydroxyl groups is 1. The van der Waals surface area contributed by atoms with Crippen molar-refractivity contribution in [3.63, 3.8) is 0 Å². The van der Waals surface area contributed by atoms with Crippen LogP contribution in [0.1, 0.15) is 77.4 Å². The number of primary amides is 2. The fourth-order valence-electron chi connectivity index (χ4n) is 9.55. The van der Waals surface area contributed by atoms with Crippen molar-refractivity contribution < 1.29 is 47.4 Å². The number of piperidine rings is 2. The number of hydrogen-bond acceptors (Lipinski definition) is 12. The van der Waals surface area contributed by atoms with E-state index in [1.165, 1.54) is 0 Å². The van der Waals surface area contributed by atoms with E-state index in [-0.39, 0.29) is 77.8 Å². The number of hydrogen-bond donors (Lipinski definition) is 5. The van der Waals surface area contributed by atoms with Gasteiger partial charge in [0, 0.05) is 56.6 Å². The zero-order chi connectivity index (χ0) is 44.5. The Labute approximate surface area is 362 Å². The molecule has 4 saturated heterocycles. The second kappa shape index (κ2) is 18.2. The van der Waals surface area contributed by atoms with Crippen molar-refractivity contribution in [3.8, 4) is 0 Å². The first kappa shape index (κ1) is 43.4. The summed E-state index contributed by atoms with van der Waals surface area (Å²) in [6.07, 6.45) is 4.57. The molecule has 0 spiro atoms. The monoisotopic (exact) mass is 870 g/mol. The van der Waals surface area contributed by atoms with Crippen LogP contribution in [0.4, 0.5) is 21.0 Å². The third-order valence-corrected chi connectivity index (χ3v) is 12.7. The average molecular weight is 871 g/mol. The Hall–Kier alpha value is -6.28. The Morgan fingerprint density at radius 1 is 0.698 bits per heavy atom. The van der Waals surface area contributed by atoms with Crippen molar-refractivity contribution in [1.82, 2.24) is 29.6 Å². The number of fused-ring (bicyclic) bond motifs is 2.